The van der Waals surface area contributed by atoms with Crippen LogP contribution in [-0.2, 0) is 31.2 Å². The summed E-state index contributed by atoms with van der Waals surface area (Å²) in [6, 6.07) is 28.4. The molecule has 3 aliphatic rings. The smallest absolute Gasteiger partial charge is 0.309 e. The number of ether oxygens (including phenoxy) is 3. The lowest BCUT2D eigenvalue weighted by Crippen LogP contribution is -2.62. The predicted molar refractivity (Wildman–Crippen MR) is 169 cm³/mol. The lowest BCUT2D eigenvalue weighted by molar-refractivity contribution is -0.593. The van der Waals surface area contributed by atoms with Crippen LogP contribution in [0.1, 0.15) is 40.7 Å². The molecule has 1 saturated heterocycles. The molecule has 9 nitrogen and oxygen atoms in total. The Labute approximate surface area is 271 Å². The minimum atomic E-state index is -2.16. The molecule has 1 fully saturated rings. The topological polar surface area (TPSA) is 108 Å². The fourth-order valence-electron chi connectivity index (χ4n) is 7.24. The zero-order chi connectivity index (χ0) is 31.5. The molecule has 0 unspecified atom stereocenters. The normalized spacial score (nSPS) is 26.2. The van der Waals surface area contributed by atoms with Gasteiger partial charge in [-0.3, -0.25) is 19.7 Å². The van der Waals surface area contributed by atoms with Crippen molar-refractivity contribution in [2.75, 3.05) is 12.0 Å². The van der Waals surface area contributed by atoms with E-state index in [2.05, 4.69) is 15.9 Å². The van der Waals surface area contributed by atoms with Crippen LogP contribution in [0, 0.1) is 10.1 Å². The summed E-state index contributed by atoms with van der Waals surface area (Å²) in [5, 5.41) is 14.1. The molecule has 7 rings (SSSR count). The predicted octanol–water partition coefficient (Wildman–Crippen LogP) is 6.74. The zero-order valence-corrected chi connectivity index (χ0v) is 26.2. The number of carbonyl (C=O) groups is 2. The van der Waals surface area contributed by atoms with Crippen molar-refractivity contribution in [3.63, 3.8) is 0 Å². The first-order valence-corrected chi connectivity index (χ1v) is 15.4. The van der Waals surface area contributed by atoms with Crippen molar-refractivity contribution in [2.45, 2.75) is 42.2 Å². The van der Waals surface area contributed by atoms with Gasteiger partial charge in [0.15, 0.2) is 17.8 Å². The Morgan fingerprint density at radius 1 is 1.04 bits per heavy atom. The number of benzene rings is 4. The van der Waals surface area contributed by atoms with Crippen LogP contribution in [0.3, 0.4) is 0 Å². The average Bonchev–Trinajstić information content (AvgIpc) is 3.50. The third kappa shape index (κ3) is 4.30. The summed E-state index contributed by atoms with van der Waals surface area (Å²) >= 11 is 9.98. The van der Waals surface area contributed by atoms with Gasteiger partial charge in [-0.1, -0.05) is 88.2 Å². The number of rotatable bonds is 6. The molecule has 3 heterocycles. The summed E-state index contributed by atoms with van der Waals surface area (Å²) in [5.74, 6) is -2.12. The molecule has 4 aromatic carbocycles. The van der Waals surface area contributed by atoms with Crippen LogP contribution in [0.2, 0.25) is 5.02 Å². The minimum absolute atomic E-state index is 0.216. The van der Waals surface area contributed by atoms with E-state index in [0.29, 0.717) is 27.4 Å². The summed E-state index contributed by atoms with van der Waals surface area (Å²) in [4.78, 5) is 43.0. The lowest BCUT2D eigenvalue weighted by Gasteiger charge is -2.42. The molecule has 1 amide bonds. The second-order valence-electron chi connectivity index (χ2n) is 11.3. The van der Waals surface area contributed by atoms with Crippen LogP contribution in [0.5, 0.6) is 5.75 Å². The largest absolute Gasteiger partial charge is 0.482 e. The maximum atomic E-state index is 15.1. The molecule has 45 heavy (non-hydrogen) atoms. The fourth-order valence-corrected chi connectivity index (χ4v) is 7.69. The lowest BCUT2D eigenvalue weighted by atomic mass is 9.63. The minimum Gasteiger partial charge on any atom is -0.482 e. The van der Waals surface area contributed by atoms with E-state index in [1.165, 1.54) is 7.11 Å². The van der Waals surface area contributed by atoms with Crippen LogP contribution in [-0.4, -0.2) is 35.6 Å². The quantitative estimate of drug-likeness (QED) is 0.125. The number of halogens is 2. The van der Waals surface area contributed by atoms with Crippen molar-refractivity contribution in [1.82, 2.24) is 0 Å². The van der Waals surface area contributed by atoms with Crippen LogP contribution in [0.25, 0.3) is 0 Å². The number of anilines is 1. The number of carbonyl (C=O) groups excluding carboxylic acids is 2. The van der Waals surface area contributed by atoms with Gasteiger partial charge in [-0.05, 0) is 47.5 Å². The number of esters is 1. The van der Waals surface area contributed by atoms with Crippen LogP contribution >= 0.6 is 27.5 Å². The fraction of sp³-hybridized carbons (Fsp3) is 0.235. The summed E-state index contributed by atoms with van der Waals surface area (Å²) in [7, 11) is 1.21. The van der Waals surface area contributed by atoms with Crippen molar-refractivity contribution in [3.05, 3.63) is 139 Å². The highest BCUT2D eigenvalue weighted by molar-refractivity contribution is 9.10. The van der Waals surface area contributed by atoms with Gasteiger partial charge in [0.05, 0.1) is 25.8 Å². The number of nitrogens with zero attached hydrogens (tertiary/aromatic N) is 2. The standard InChI is InChI=1S/C34H26BrClN2O7/c1-43-29(39)18-28-33(38(41)42)30(24-17-23(36)15-16-27(24)44-28)34(45-31(33)21-11-13-22(35)14-12-21)25-9-5-6-10-26(25)37(32(34)40)19-20-7-3-2-4-8-20/h2-17,28,30-31H,18-19H2,1H3/t28-,30+,31+,33+,34-/m1/s1. The van der Waals surface area contributed by atoms with Gasteiger partial charge in [0.1, 0.15) is 11.7 Å². The number of fused-ring (bicyclic) bond motifs is 6. The molecule has 0 bridgehead atoms. The third-order valence-electron chi connectivity index (χ3n) is 9.07. The SMILES string of the molecule is COC(=O)C[C@H]1Oc2ccc(Cl)cc2[C@H]2[C@]1([N+](=O)[O-])[C@H](c1ccc(Br)cc1)O[C@@]21C(=O)N(Cc2ccccc2)c2ccccc21. The van der Waals surface area contributed by atoms with Crippen LogP contribution in [0.4, 0.5) is 5.69 Å². The Morgan fingerprint density at radius 2 is 1.76 bits per heavy atom. The molecule has 0 radical (unpaired) electrons. The van der Waals surface area contributed by atoms with Gasteiger partial charge >= 0.3 is 5.97 Å². The molecular formula is C34H26BrClN2O7. The highest BCUT2D eigenvalue weighted by Crippen LogP contribution is 2.69. The summed E-state index contributed by atoms with van der Waals surface area (Å²) < 4.78 is 19.1. The molecule has 4 aromatic rings. The first-order valence-electron chi connectivity index (χ1n) is 14.3. The zero-order valence-electron chi connectivity index (χ0n) is 23.9. The highest BCUT2D eigenvalue weighted by Gasteiger charge is 2.82. The molecule has 5 atom stereocenters. The van der Waals surface area contributed by atoms with Gasteiger partial charge in [-0.25, -0.2) is 0 Å². The van der Waals surface area contributed by atoms with Gasteiger partial charge in [0, 0.05) is 25.5 Å². The molecule has 0 aromatic heterocycles. The molecular weight excluding hydrogens is 664 g/mol. The average molecular weight is 690 g/mol. The van der Waals surface area contributed by atoms with Crippen molar-refractivity contribution in [2.24, 2.45) is 0 Å². The molecule has 3 aliphatic heterocycles. The van der Waals surface area contributed by atoms with E-state index < -0.39 is 52.5 Å². The number of hydrogen-bond donors (Lipinski definition) is 0. The Bertz CT molecular complexity index is 1840. The van der Waals surface area contributed by atoms with Crippen molar-refractivity contribution >= 4 is 45.1 Å². The molecule has 0 aliphatic carbocycles. The van der Waals surface area contributed by atoms with Gasteiger partial charge in [-0.2, -0.15) is 0 Å². The number of para-hydroxylation sites is 1. The van der Waals surface area contributed by atoms with Gasteiger partial charge in [0.2, 0.25) is 0 Å². The van der Waals surface area contributed by atoms with E-state index in [1.54, 1.807) is 59.5 Å². The molecule has 0 N–H and O–H groups in total. The Kier molecular flexibility index (Phi) is 7.18. The van der Waals surface area contributed by atoms with Gasteiger partial charge in [0.25, 0.3) is 11.4 Å². The Morgan fingerprint density at radius 3 is 2.47 bits per heavy atom. The Balaban J connectivity index is 1.54. The number of methoxy groups -OCH3 is 1. The maximum Gasteiger partial charge on any atom is 0.309 e. The molecule has 11 heteroatoms. The number of amides is 1. The van der Waals surface area contributed by atoms with Crippen molar-refractivity contribution in [3.8, 4) is 5.75 Å². The van der Waals surface area contributed by atoms with Crippen LogP contribution in [0.15, 0.2) is 102 Å². The van der Waals surface area contributed by atoms with E-state index in [9.17, 15) is 14.9 Å². The second kappa shape index (κ2) is 11.0. The van der Waals surface area contributed by atoms with E-state index in [4.69, 9.17) is 25.8 Å². The monoisotopic (exact) mass is 688 g/mol. The van der Waals surface area contributed by atoms with E-state index >= 15 is 4.79 Å². The van der Waals surface area contributed by atoms with Crippen molar-refractivity contribution in [1.29, 1.82) is 0 Å². The molecule has 0 saturated carbocycles. The third-order valence-corrected chi connectivity index (χ3v) is 9.83. The number of nitro groups is 1. The van der Waals surface area contributed by atoms with E-state index in [-0.39, 0.29) is 12.3 Å². The second-order valence-corrected chi connectivity index (χ2v) is 12.7. The first-order chi connectivity index (χ1) is 21.7. The van der Waals surface area contributed by atoms with Crippen molar-refractivity contribution < 1.29 is 28.7 Å². The van der Waals surface area contributed by atoms with E-state index in [1.807, 2.05) is 42.5 Å². The summed E-state index contributed by atoms with van der Waals surface area (Å²) in [6.07, 6.45) is -3.14. The molecule has 1 spiro atoms. The van der Waals surface area contributed by atoms with Gasteiger partial charge in [-0.15, -0.1) is 0 Å². The maximum absolute atomic E-state index is 15.1. The number of hydrogen-bond acceptors (Lipinski definition) is 7. The van der Waals surface area contributed by atoms with Crippen LogP contribution < -0.4 is 9.64 Å². The highest BCUT2D eigenvalue weighted by atomic mass is 79.9. The summed E-state index contributed by atoms with van der Waals surface area (Å²) in [5.41, 5.74) is -1.28. The Hall–Kier alpha value is -4.25. The summed E-state index contributed by atoms with van der Waals surface area (Å²) in [6.45, 7) is 0.216. The molecule has 228 valence electrons. The van der Waals surface area contributed by atoms with E-state index in [0.717, 1.165) is 10.0 Å². The van der Waals surface area contributed by atoms with Gasteiger partial charge < -0.3 is 19.1 Å². The first kappa shape index (κ1) is 29.5.